The third-order valence-corrected chi connectivity index (χ3v) is 5.67. The predicted molar refractivity (Wildman–Crippen MR) is 74.6 cm³/mol. The van der Waals surface area contributed by atoms with Crippen LogP contribution in [0.4, 0.5) is 0 Å². The summed E-state index contributed by atoms with van der Waals surface area (Å²) in [5.41, 5.74) is 0.341. The first kappa shape index (κ1) is 13.4. The molecule has 2 aliphatic heterocycles. The lowest BCUT2D eigenvalue weighted by molar-refractivity contribution is -0.148. The number of aliphatic hydroxyl groups is 1. The van der Waals surface area contributed by atoms with Crippen molar-refractivity contribution < 1.29 is 9.90 Å². The Labute approximate surface area is 116 Å². The molecule has 2 unspecified atom stereocenters. The second-order valence-corrected chi connectivity index (χ2v) is 7.99. The summed E-state index contributed by atoms with van der Waals surface area (Å²) in [6.07, 6.45) is 5.77. The lowest BCUT2D eigenvalue weighted by atomic mass is 9.62. The molecule has 0 aromatic heterocycles. The molecule has 2 bridgehead atoms. The minimum atomic E-state index is -0.176. The third kappa shape index (κ3) is 2.31. The summed E-state index contributed by atoms with van der Waals surface area (Å²) < 4.78 is 0. The first-order valence-electron chi connectivity index (χ1n) is 7.86. The topological polar surface area (TPSA) is 40.5 Å². The monoisotopic (exact) mass is 265 g/mol. The van der Waals surface area contributed by atoms with Crippen LogP contribution in [0.15, 0.2) is 0 Å². The van der Waals surface area contributed by atoms with Gasteiger partial charge in [-0.3, -0.25) is 4.79 Å². The highest BCUT2D eigenvalue weighted by Crippen LogP contribution is 2.47. The molecule has 2 atom stereocenters. The van der Waals surface area contributed by atoms with Crippen molar-refractivity contribution in [3.8, 4) is 0 Å². The van der Waals surface area contributed by atoms with Crippen LogP contribution in [0, 0.1) is 17.3 Å². The fourth-order valence-electron chi connectivity index (χ4n) is 4.25. The highest BCUT2D eigenvalue weighted by Gasteiger charge is 2.48. The zero-order valence-corrected chi connectivity index (χ0v) is 12.4. The molecule has 3 nitrogen and oxygen atoms in total. The van der Waals surface area contributed by atoms with Gasteiger partial charge in [-0.2, -0.15) is 0 Å². The fraction of sp³-hybridized carbons (Fsp3) is 0.938. The van der Waals surface area contributed by atoms with Crippen LogP contribution in [0.1, 0.15) is 59.3 Å². The highest BCUT2D eigenvalue weighted by atomic mass is 16.3. The van der Waals surface area contributed by atoms with Crippen LogP contribution < -0.4 is 0 Å². The van der Waals surface area contributed by atoms with E-state index in [9.17, 15) is 9.90 Å². The van der Waals surface area contributed by atoms with Gasteiger partial charge in [0, 0.05) is 18.0 Å². The number of carbonyl (C=O) groups excluding carboxylic acids is 1. The Hall–Kier alpha value is -0.570. The summed E-state index contributed by atoms with van der Waals surface area (Å²) in [5.74, 6) is 1.36. The maximum Gasteiger partial charge on any atom is 0.226 e. The Balaban J connectivity index is 1.61. The van der Waals surface area contributed by atoms with Gasteiger partial charge in [0.15, 0.2) is 0 Å². The van der Waals surface area contributed by atoms with Crippen LogP contribution >= 0.6 is 0 Å². The quantitative estimate of drug-likeness (QED) is 0.791. The van der Waals surface area contributed by atoms with Crippen molar-refractivity contribution in [1.29, 1.82) is 0 Å². The van der Waals surface area contributed by atoms with Crippen LogP contribution in [0.3, 0.4) is 0 Å². The van der Waals surface area contributed by atoms with Crippen LogP contribution in [0.25, 0.3) is 0 Å². The molecule has 19 heavy (non-hydrogen) atoms. The van der Waals surface area contributed by atoms with Gasteiger partial charge in [-0.1, -0.05) is 20.8 Å². The van der Waals surface area contributed by atoms with E-state index in [-0.39, 0.29) is 12.0 Å². The fourth-order valence-corrected chi connectivity index (χ4v) is 4.25. The molecule has 3 rings (SSSR count). The van der Waals surface area contributed by atoms with Gasteiger partial charge >= 0.3 is 0 Å². The lowest BCUT2D eigenvalue weighted by Gasteiger charge is -2.47. The molecule has 1 saturated carbocycles. The SMILES string of the molecule is CC(C)(C)C1CC(C(=O)N2C3CCC2CC(O)C3)C1. The van der Waals surface area contributed by atoms with Gasteiger partial charge in [-0.25, -0.2) is 0 Å². The van der Waals surface area contributed by atoms with E-state index in [1.807, 2.05) is 0 Å². The predicted octanol–water partition coefficient (Wildman–Crippen LogP) is 2.57. The molecule has 1 aliphatic carbocycles. The van der Waals surface area contributed by atoms with Gasteiger partial charge in [-0.15, -0.1) is 0 Å². The van der Waals surface area contributed by atoms with E-state index in [4.69, 9.17) is 0 Å². The van der Waals surface area contributed by atoms with Crippen LogP contribution in [0.2, 0.25) is 0 Å². The molecule has 1 amide bonds. The Morgan fingerprint density at radius 1 is 1.05 bits per heavy atom. The van der Waals surface area contributed by atoms with Crippen molar-refractivity contribution in [3.63, 3.8) is 0 Å². The van der Waals surface area contributed by atoms with Gasteiger partial charge < -0.3 is 10.0 Å². The number of piperidine rings is 1. The molecular weight excluding hydrogens is 238 g/mol. The van der Waals surface area contributed by atoms with E-state index in [1.165, 1.54) is 0 Å². The summed E-state index contributed by atoms with van der Waals surface area (Å²) in [5, 5.41) is 9.81. The number of hydrogen-bond donors (Lipinski definition) is 1. The summed E-state index contributed by atoms with van der Waals surface area (Å²) in [6, 6.07) is 0.657. The Kier molecular flexibility index (Phi) is 3.16. The molecule has 0 radical (unpaired) electrons. The van der Waals surface area contributed by atoms with Crippen LogP contribution in [-0.4, -0.2) is 34.1 Å². The normalized spacial score (nSPS) is 42.1. The number of aliphatic hydroxyl groups excluding tert-OH is 1. The average Bonchev–Trinajstić information content (AvgIpc) is 2.46. The summed E-state index contributed by atoms with van der Waals surface area (Å²) >= 11 is 0. The van der Waals surface area contributed by atoms with Gasteiger partial charge in [0.2, 0.25) is 5.91 Å². The standard InChI is InChI=1S/C16H27NO2/c1-16(2,3)11-6-10(7-11)15(19)17-12-4-5-13(17)9-14(18)8-12/h10-14,18H,4-9H2,1-3H3. The van der Waals surface area contributed by atoms with Crippen molar-refractivity contribution in [2.75, 3.05) is 0 Å². The second kappa shape index (κ2) is 4.47. The second-order valence-electron chi connectivity index (χ2n) is 7.99. The van der Waals surface area contributed by atoms with E-state index in [1.54, 1.807) is 0 Å². The number of amides is 1. The maximum absolute atomic E-state index is 12.7. The van der Waals surface area contributed by atoms with Crippen molar-refractivity contribution >= 4 is 5.91 Å². The van der Waals surface area contributed by atoms with E-state index in [0.29, 0.717) is 29.3 Å². The van der Waals surface area contributed by atoms with Crippen molar-refractivity contribution in [1.82, 2.24) is 4.90 Å². The molecule has 0 aromatic rings. The maximum atomic E-state index is 12.7. The minimum Gasteiger partial charge on any atom is -0.393 e. The highest BCUT2D eigenvalue weighted by molar-refractivity contribution is 5.81. The molecule has 0 spiro atoms. The molecule has 2 heterocycles. The molecule has 3 fully saturated rings. The molecular formula is C16H27NO2. The third-order valence-electron chi connectivity index (χ3n) is 5.67. The van der Waals surface area contributed by atoms with Crippen LogP contribution in [-0.2, 0) is 4.79 Å². The zero-order valence-electron chi connectivity index (χ0n) is 12.4. The van der Waals surface area contributed by atoms with Crippen molar-refractivity contribution in [2.24, 2.45) is 17.3 Å². The molecule has 3 heteroatoms. The van der Waals surface area contributed by atoms with E-state index in [2.05, 4.69) is 25.7 Å². The van der Waals surface area contributed by atoms with Gasteiger partial charge in [0.1, 0.15) is 0 Å². The largest absolute Gasteiger partial charge is 0.393 e. The smallest absolute Gasteiger partial charge is 0.226 e. The molecule has 0 aromatic carbocycles. The number of hydrogen-bond acceptors (Lipinski definition) is 2. The van der Waals surface area contributed by atoms with Gasteiger partial charge in [-0.05, 0) is 49.9 Å². The Bertz CT molecular complexity index is 353. The zero-order chi connectivity index (χ0) is 13.8. The van der Waals surface area contributed by atoms with Crippen molar-refractivity contribution in [2.45, 2.75) is 77.5 Å². The number of rotatable bonds is 1. The Morgan fingerprint density at radius 2 is 1.58 bits per heavy atom. The molecule has 108 valence electrons. The average molecular weight is 265 g/mol. The lowest BCUT2D eigenvalue weighted by Crippen LogP contribution is -2.53. The molecule has 1 N–H and O–H groups in total. The summed E-state index contributed by atoms with van der Waals surface area (Å²) in [6.45, 7) is 6.83. The van der Waals surface area contributed by atoms with Crippen molar-refractivity contribution in [3.05, 3.63) is 0 Å². The minimum absolute atomic E-state index is 0.176. The first-order chi connectivity index (χ1) is 8.86. The van der Waals surface area contributed by atoms with E-state index in [0.717, 1.165) is 38.5 Å². The molecule has 2 saturated heterocycles. The summed E-state index contributed by atoms with van der Waals surface area (Å²) in [7, 11) is 0. The van der Waals surface area contributed by atoms with Gasteiger partial charge in [0.25, 0.3) is 0 Å². The number of fused-ring (bicyclic) bond motifs is 2. The van der Waals surface area contributed by atoms with Gasteiger partial charge in [0.05, 0.1) is 6.10 Å². The van der Waals surface area contributed by atoms with E-state index >= 15 is 0 Å². The first-order valence-corrected chi connectivity index (χ1v) is 7.86. The van der Waals surface area contributed by atoms with E-state index < -0.39 is 0 Å². The molecule has 3 aliphatic rings. The number of carbonyl (C=O) groups is 1. The number of nitrogens with zero attached hydrogens (tertiary/aromatic N) is 1. The van der Waals surface area contributed by atoms with Crippen LogP contribution in [0.5, 0.6) is 0 Å². The summed E-state index contributed by atoms with van der Waals surface area (Å²) in [4.78, 5) is 14.8. The Morgan fingerprint density at radius 3 is 2.05 bits per heavy atom.